The van der Waals surface area contributed by atoms with Gasteiger partial charge in [-0.2, -0.15) is 5.10 Å². The smallest absolute Gasteiger partial charge is 0.227 e. The Morgan fingerprint density at radius 2 is 2.22 bits per heavy atom. The van der Waals surface area contributed by atoms with Gasteiger partial charge in [0.25, 0.3) is 0 Å². The van der Waals surface area contributed by atoms with E-state index >= 15 is 0 Å². The summed E-state index contributed by atoms with van der Waals surface area (Å²) in [5.41, 5.74) is 6.90. The van der Waals surface area contributed by atoms with Crippen molar-refractivity contribution in [1.82, 2.24) is 10.2 Å². The van der Waals surface area contributed by atoms with Gasteiger partial charge in [-0.3, -0.25) is 9.89 Å². The molecule has 1 aliphatic rings. The summed E-state index contributed by atoms with van der Waals surface area (Å²) in [6.07, 6.45) is 4.53. The third kappa shape index (κ3) is 3.10. The van der Waals surface area contributed by atoms with E-state index in [-0.39, 0.29) is 11.4 Å². The lowest BCUT2D eigenvalue weighted by molar-refractivity contribution is -0.117. The number of H-pyrrole nitrogens is 1. The largest absolute Gasteiger partial charge is 0.325 e. The number of hydrogen-bond acceptors (Lipinski definition) is 3. The molecule has 0 saturated heterocycles. The Labute approximate surface area is 108 Å². The van der Waals surface area contributed by atoms with Gasteiger partial charge in [-0.1, -0.05) is 26.7 Å². The second kappa shape index (κ2) is 5.10. The molecule has 18 heavy (non-hydrogen) atoms. The maximum atomic E-state index is 11.9. The molecular formula is C13H22N4O. The molecule has 1 saturated carbocycles. The molecule has 0 radical (unpaired) electrons. The Morgan fingerprint density at radius 1 is 1.56 bits per heavy atom. The number of hydrogen-bond donors (Lipinski definition) is 3. The third-order valence-electron chi connectivity index (χ3n) is 3.60. The number of carbonyl (C=O) groups is 1. The number of rotatable bonds is 4. The highest BCUT2D eigenvalue weighted by Crippen LogP contribution is 2.30. The van der Waals surface area contributed by atoms with Gasteiger partial charge < -0.3 is 11.1 Å². The first-order chi connectivity index (χ1) is 8.48. The van der Waals surface area contributed by atoms with Crippen LogP contribution in [0.5, 0.6) is 0 Å². The van der Waals surface area contributed by atoms with Gasteiger partial charge >= 0.3 is 0 Å². The molecule has 4 N–H and O–H groups in total. The molecule has 5 nitrogen and oxygen atoms in total. The standard InChI is InChI=1S/C13H22N4O/c1-9(2)10-7-11(17-16-10)15-12(18)8-13(14)5-3-4-6-13/h7,9H,3-6,8,14H2,1-2H3,(H2,15,16,17,18). The summed E-state index contributed by atoms with van der Waals surface area (Å²) in [6, 6.07) is 1.88. The molecule has 1 amide bonds. The fourth-order valence-electron chi connectivity index (χ4n) is 2.46. The second-order valence-electron chi connectivity index (χ2n) is 5.66. The van der Waals surface area contributed by atoms with E-state index in [0.29, 0.717) is 18.2 Å². The van der Waals surface area contributed by atoms with Gasteiger partial charge in [-0.05, 0) is 18.8 Å². The minimum absolute atomic E-state index is 0.0405. The average Bonchev–Trinajstić information content (AvgIpc) is 2.87. The molecule has 5 heteroatoms. The number of nitrogens with two attached hydrogens (primary N) is 1. The first-order valence-corrected chi connectivity index (χ1v) is 6.62. The highest BCUT2D eigenvalue weighted by atomic mass is 16.1. The summed E-state index contributed by atoms with van der Waals surface area (Å²) in [5.74, 6) is 0.922. The van der Waals surface area contributed by atoms with E-state index < -0.39 is 0 Å². The molecule has 0 bridgehead atoms. The summed E-state index contributed by atoms with van der Waals surface area (Å²) >= 11 is 0. The van der Waals surface area contributed by atoms with Crippen molar-refractivity contribution in [3.05, 3.63) is 11.8 Å². The van der Waals surface area contributed by atoms with Gasteiger partial charge in [0.2, 0.25) is 5.91 Å². The van der Waals surface area contributed by atoms with Gasteiger partial charge in [-0.15, -0.1) is 0 Å². The summed E-state index contributed by atoms with van der Waals surface area (Å²) < 4.78 is 0. The quantitative estimate of drug-likeness (QED) is 0.765. The zero-order valence-corrected chi connectivity index (χ0v) is 11.1. The van der Waals surface area contributed by atoms with E-state index in [1.807, 2.05) is 6.07 Å². The summed E-state index contributed by atoms with van der Waals surface area (Å²) in [6.45, 7) is 4.15. The Balaban J connectivity index is 1.90. The van der Waals surface area contributed by atoms with E-state index in [4.69, 9.17) is 5.73 Å². The Bertz CT molecular complexity index is 418. The molecular weight excluding hydrogens is 228 g/mol. The number of carbonyl (C=O) groups excluding carboxylic acids is 1. The van der Waals surface area contributed by atoms with E-state index in [1.165, 1.54) is 0 Å². The second-order valence-corrected chi connectivity index (χ2v) is 5.66. The van der Waals surface area contributed by atoms with Crippen molar-refractivity contribution < 1.29 is 4.79 Å². The predicted molar refractivity (Wildman–Crippen MR) is 71.3 cm³/mol. The lowest BCUT2D eigenvalue weighted by Gasteiger charge is -2.22. The molecule has 0 aliphatic heterocycles. The lowest BCUT2D eigenvalue weighted by atomic mass is 9.94. The summed E-state index contributed by atoms with van der Waals surface area (Å²) in [4.78, 5) is 11.9. The van der Waals surface area contributed by atoms with Crippen molar-refractivity contribution >= 4 is 11.7 Å². The molecule has 1 heterocycles. The highest BCUT2D eigenvalue weighted by Gasteiger charge is 2.31. The van der Waals surface area contributed by atoms with Crippen LogP contribution in [0.4, 0.5) is 5.82 Å². The first kappa shape index (κ1) is 13.1. The molecule has 0 atom stereocenters. The maximum Gasteiger partial charge on any atom is 0.227 e. The van der Waals surface area contributed by atoms with Gasteiger partial charge in [0.05, 0.1) is 0 Å². The molecule has 0 spiro atoms. The van der Waals surface area contributed by atoms with Gasteiger partial charge in [-0.25, -0.2) is 0 Å². The van der Waals surface area contributed by atoms with Crippen LogP contribution in [-0.4, -0.2) is 21.6 Å². The fourth-order valence-corrected chi connectivity index (χ4v) is 2.46. The zero-order chi connectivity index (χ0) is 13.2. The SMILES string of the molecule is CC(C)c1cc(NC(=O)CC2(N)CCCC2)n[nH]1. The van der Waals surface area contributed by atoms with Crippen molar-refractivity contribution in [3.63, 3.8) is 0 Å². The van der Waals surface area contributed by atoms with Gasteiger partial charge in [0, 0.05) is 23.7 Å². The lowest BCUT2D eigenvalue weighted by Crippen LogP contribution is -2.40. The van der Waals surface area contributed by atoms with Crippen LogP contribution >= 0.6 is 0 Å². The molecule has 0 aromatic carbocycles. The Hall–Kier alpha value is -1.36. The molecule has 2 rings (SSSR count). The zero-order valence-electron chi connectivity index (χ0n) is 11.1. The fraction of sp³-hybridized carbons (Fsp3) is 0.692. The van der Waals surface area contributed by atoms with E-state index in [0.717, 1.165) is 31.4 Å². The third-order valence-corrected chi connectivity index (χ3v) is 3.60. The molecule has 1 aromatic rings. The molecule has 1 aromatic heterocycles. The molecule has 1 aliphatic carbocycles. The number of aromatic nitrogens is 2. The summed E-state index contributed by atoms with van der Waals surface area (Å²) in [5, 5.41) is 9.80. The number of nitrogens with zero attached hydrogens (tertiary/aromatic N) is 1. The van der Waals surface area contributed by atoms with Crippen molar-refractivity contribution in [2.24, 2.45) is 5.73 Å². The van der Waals surface area contributed by atoms with Crippen LogP contribution in [0.1, 0.15) is 57.6 Å². The van der Waals surface area contributed by atoms with Crippen LogP contribution in [0.3, 0.4) is 0 Å². The predicted octanol–water partition coefficient (Wildman–Crippen LogP) is 2.13. The van der Waals surface area contributed by atoms with Crippen molar-refractivity contribution in [2.75, 3.05) is 5.32 Å². The van der Waals surface area contributed by atoms with E-state index in [2.05, 4.69) is 29.4 Å². The van der Waals surface area contributed by atoms with Gasteiger partial charge in [0.1, 0.15) is 0 Å². The van der Waals surface area contributed by atoms with Crippen molar-refractivity contribution in [1.29, 1.82) is 0 Å². The van der Waals surface area contributed by atoms with Crippen LogP contribution in [0.25, 0.3) is 0 Å². The number of anilines is 1. The van der Waals surface area contributed by atoms with Crippen LogP contribution in [0, 0.1) is 0 Å². The number of aromatic amines is 1. The molecule has 0 unspecified atom stereocenters. The molecule has 1 fully saturated rings. The Morgan fingerprint density at radius 3 is 2.78 bits per heavy atom. The van der Waals surface area contributed by atoms with E-state index in [9.17, 15) is 4.79 Å². The minimum Gasteiger partial charge on any atom is -0.325 e. The van der Waals surface area contributed by atoms with Crippen LogP contribution in [0.15, 0.2) is 6.07 Å². The number of amides is 1. The Kier molecular flexibility index (Phi) is 3.71. The first-order valence-electron chi connectivity index (χ1n) is 6.62. The highest BCUT2D eigenvalue weighted by molar-refractivity contribution is 5.90. The van der Waals surface area contributed by atoms with Crippen LogP contribution in [-0.2, 0) is 4.79 Å². The van der Waals surface area contributed by atoms with Gasteiger partial charge in [0.15, 0.2) is 5.82 Å². The van der Waals surface area contributed by atoms with Crippen LogP contribution in [0.2, 0.25) is 0 Å². The van der Waals surface area contributed by atoms with E-state index in [1.54, 1.807) is 0 Å². The maximum absolute atomic E-state index is 11.9. The van der Waals surface area contributed by atoms with Crippen molar-refractivity contribution in [3.8, 4) is 0 Å². The molecule has 100 valence electrons. The minimum atomic E-state index is -0.304. The normalized spacial score (nSPS) is 18.2. The topological polar surface area (TPSA) is 83.8 Å². The van der Waals surface area contributed by atoms with Crippen LogP contribution < -0.4 is 11.1 Å². The average molecular weight is 250 g/mol. The number of nitrogens with one attached hydrogen (secondary N) is 2. The monoisotopic (exact) mass is 250 g/mol. The van der Waals surface area contributed by atoms with Crippen molar-refractivity contribution in [2.45, 2.75) is 57.4 Å². The summed E-state index contributed by atoms with van der Waals surface area (Å²) in [7, 11) is 0.